The van der Waals surface area contributed by atoms with Gasteiger partial charge in [0.1, 0.15) is 11.4 Å². The lowest BCUT2D eigenvalue weighted by atomic mass is 10.1. The highest BCUT2D eigenvalue weighted by Crippen LogP contribution is 2.28. The Morgan fingerprint density at radius 2 is 2.28 bits per heavy atom. The third-order valence-electron chi connectivity index (χ3n) is 2.84. The number of carbonyl (C=O) groups is 1. The fourth-order valence-electron chi connectivity index (χ4n) is 1.92. The van der Waals surface area contributed by atoms with Gasteiger partial charge in [-0.2, -0.15) is 0 Å². The lowest BCUT2D eigenvalue weighted by Crippen LogP contribution is -1.90. The number of rotatable bonds is 2. The first kappa shape index (κ1) is 11.4. The highest BCUT2D eigenvalue weighted by atomic mass is 35.5. The molecule has 0 bridgehead atoms. The van der Waals surface area contributed by atoms with Gasteiger partial charge in [0.15, 0.2) is 11.2 Å². The van der Waals surface area contributed by atoms with E-state index in [4.69, 9.17) is 11.6 Å². The molecule has 0 amide bonds. The molecule has 0 atom stereocenters. The molecular formula is C13H9ClN2OS. The van der Waals surface area contributed by atoms with Gasteiger partial charge in [-0.3, -0.25) is 9.20 Å². The van der Waals surface area contributed by atoms with Crippen molar-refractivity contribution in [2.75, 3.05) is 0 Å². The van der Waals surface area contributed by atoms with Crippen LogP contribution in [0, 0.1) is 6.92 Å². The lowest BCUT2D eigenvalue weighted by molar-refractivity contribution is 0.111. The van der Waals surface area contributed by atoms with Crippen molar-refractivity contribution in [3.05, 3.63) is 46.1 Å². The first-order chi connectivity index (χ1) is 8.70. The zero-order chi connectivity index (χ0) is 12.7. The van der Waals surface area contributed by atoms with Crippen molar-refractivity contribution < 1.29 is 4.79 Å². The standard InChI is InChI=1S/C13H9ClN2OS/c1-8-6-9(2-3-10(8)14)12-11(7-17)16-4-5-18-13(16)15-12/h2-7H,1H3. The van der Waals surface area contributed by atoms with E-state index in [0.717, 1.165) is 22.4 Å². The predicted molar refractivity (Wildman–Crippen MR) is 73.6 cm³/mol. The fraction of sp³-hybridized carbons (Fsp3) is 0.0769. The number of hydrogen-bond acceptors (Lipinski definition) is 3. The normalized spacial score (nSPS) is 11.0. The quantitative estimate of drug-likeness (QED) is 0.667. The van der Waals surface area contributed by atoms with Crippen molar-refractivity contribution in [1.82, 2.24) is 9.38 Å². The SMILES string of the molecule is Cc1cc(-c2nc3sccn3c2C=O)ccc1Cl. The Kier molecular flexibility index (Phi) is 2.69. The molecular weight excluding hydrogens is 268 g/mol. The topological polar surface area (TPSA) is 34.4 Å². The summed E-state index contributed by atoms with van der Waals surface area (Å²) in [5.74, 6) is 0. The average molecular weight is 277 g/mol. The molecule has 0 saturated heterocycles. The average Bonchev–Trinajstić information content (AvgIpc) is 2.92. The molecule has 90 valence electrons. The molecule has 2 heterocycles. The van der Waals surface area contributed by atoms with E-state index in [9.17, 15) is 4.79 Å². The molecule has 0 N–H and O–H groups in total. The van der Waals surface area contributed by atoms with Crippen LogP contribution in [-0.4, -0.2) is 15.7 Å². The molecule has 3 aromatic rings. The van der Waals surface area contributed by atoms with Gasteiger partial charge in [0.2, 0.25) is 0 Å². The second-order valence-electron chi connectivity index (χ2n) is 3.98. The maximum absolute atomic E-state index is 11.2. The summed E-state index contributed by atoms with van der Waals surface area (Å²) in [6.07, 6.45) is 2.69. The summed E-state index contributed by atoms with van der Waals surface area (Å²) >= 11 is 7.51. The van der Waals surface area contributed by atoms with Crippen LogP contribution in [0.5, 0.6) is 0 Å². The van der Waals surface area contributed by atoms with Gasteiger partial charge in [0.25, 0.3) is 0 Å². The number of carbonyl (C=O) groups excluding carboxylic acids is 1. The molecule has 18 heavy (non-hydrogen) atoms. The van der Waals surface area contributed by atoms with Gasteiger partial charge in [0.05, 0.1) is 0 Å². The molecule has 0 fully saturated rings. The molecule has 0 radical (unpaired) electrons. The number of benzene rings is 1. The van der Waals surface area contributed by atoms with Crippen molar-refractivity contribution in [3.63, 3.8) is 0 Å². The third-order valence-corrected chi connectivity index (χ3v) is 4.02. The van der Waals surface area contributed by atoms with E-state index < -0.39 is 0 Å². The van der Waals surface area contributed by atoms with Crippen LogP contribution in [0.2, 0.25) is 5.02 Å². The lowest BCUT2D eigenvalue weighted by Gasteiger charge is -2.02. The minimum atomic E-state index is 0.577. The molecule has 0 aliphatic rings. The van der Waals surface area contributed by atoms with E-state index >= 15 is 0 Å². The summed E-state index contributed by atoms with van der Waals surface area (Å²) in [5.41, 5.74) is 3.17. The Hall–Kier alpha value is -1.65. The molecule has 0 aliphatic carbocycles. The van der Waals surface area contributed by atoms with E-state index in [-0.39, 0.29) is 0 Å². The van der Waals surface area contributed by atoms with E-state index in [1.165, 1.54) is 11.3 Å². The van der Waals surface area contributed by atoms with Crippen LogP contribution in [0.3, 0.4) is 0 Å². The van der Waals surface area contributed by atoms with Gasteiger partial charge in [-0.25, -0.2) is 4.98 Å². The van der Waals surface area contributed by atoms with Gasteiger partial charge in [0, 0.05) is 22.2 Å². The third kappa shape index (κ3) is 1.65. The van der Waals surface area contributed by atoms with E-state index in [1.807, 2.05) is 36.7 Å². The van der Waals surface area contributed by atoms with Gasteiger partial charge < -0.3 is 0 Å². The number of aldehydes is 1. The van der Waals surface area contributed by atoms with Crippen LogP contribution >= 0.6 is 22.9 Å². The number of nitrogens with zero attached hydrogens (tertiary/aromatic N) is 2. The van der Waals surface area contributed by atoms with Crippen LogP contribution in [0.4, 0.5) is 0 Å². The van der Waals surface area contributed by atoms with Gasteiger partial charge in [-0.1, -0.05) is 17.7 Å². The van der Waals surface area contributed by atoms with Crippen molar-refractivity contribution >= 4 is 34.2 Å². The largest absolute Gasteiger partial charge is 0.296 e. The molecule has 0 spiro atoms. The number of aromatic nitrogens is 2. The van der Waals surface area contributed by atoms with Gasteiger partial charge in [-0.15, -0.1) is 11.3 Å². The minimum Gasteiger partial charge on any atom is -0.296 e. The van der Waals surface area contributed by atoms with E-state index in [1.54, 1.807) is 4.40 Å². The monoisotopic (exact) mass is 276 g/mol. The first-order valence-electron chi connectivity index (χ1n) is 5.38. The van der Waals surface area contributed by atoms with Crippen LogP contribution in [0.15, 0.2) is 29.8 Å². The van der Waals surface area contributed by atoms with Crippen LogP contribution in [0.1, 0.15) is 16.1 Å². The van der Waals surface area contributed by atoms with Crippen molar-refractivity contribution in [3.8, 4) is 11.3 Å². The second kappa shape index (κ2) is 4.23. The number of hydrogen-bond donors (Lipinski definition) is 0. The summed E-state index contributed by atoms with van der Waals surface area (Å²) < 4.78 is 1.80. The summed E-state index contributed by atoms with van der Waals surface area (Å²) in [5, 5.41) is 2.62. The molecule has 0 saturated carbocycles. The maximum atomic E-state index is 11.2. The molecule has 0 aliphatic heterocycles. The highest BCUT2D eigenvalue weighted by Gasteiger charge is 2.14. The van der Waals surface area contributed by atoms with Gasteiger partial charge in [-0.05, 0) is 24.6 Å². The van der Waals surface area contributed by atoms with Crippen LogP contribution < -0.4 is 0 Å². The van der Waals surface area contributed by atoms with Gasteiger partial charge >= 0.3 is 0 Å². The summed E-state index contributed by atoms with van der Waals surface area (Å²) in [4.78, 5) is 16.6. The number of halogens is 1. The molecule has 2 aromatic heterocycles. The Morgan fingerprint density at radius 3 is 3.00 bits per heavy atom. The summed E-state index contributed by atoms with van der Waals surface area (Å²) in [6.45, 7) is 1.94. The van der Waals surface area contributed by atoms with Crippen LogP contribution in [-0.2, 0) is 0 Å². The molecule has 5 heteroatoms. The Morgan fingerprint density at radius 1 is 1.44 bits per heavy atom. The first-order valence-corrected chi connectivity index (χ1v) is 6.63. The Labute approximate surface area is 113 Å². The number of aryl methyl sites for hydroxylation is 1. The van der Waals surface area contributed by atoms with Crippen molar-refractivity contribution in [2.45, 2.75) is 6.92 Å². The number of thiazole rings is 1. The van der Waals surface area contributed by atoms with Crippen molar-refractivity contribution in [2.24, 2.45) is 0 Å². The van der Waals surface area contributed by atoms with Crippen molar-refractivity contribution in [1.29, 1.82) is 0 Å². The Balaban J connectivity index is 2.26. The fourth-order valence-corrected chi connectivity index (χ4v) is 2.76. The molecule has 1 aromatic carbocycles. The zero-order valence-corrected chi connectivity index (χ0v) is 11.1. The minimum absolute atomic E-state index is 0.577. The second-order valence-corrected chi connectivity index (χ2v) is 5.26. The zero-order valence-electron chi connectivity index (χ0n) is 9.55. The molecule has 3 nitrogen and oxygen atoms in total. The van der Waals surface area contributed by atoms with Crippen LogP contribution in [0.25, 0.3) is 16.2 Å². The highest BCUT2D eigenvalue weighted by molar-refractivity contribution is 7.15. The van der Waals surface area contributed by atoms with E-state index in [2.05, 4.69) is 4.98 Å². The summed E-state index contributed by atoms with van der Waals surface area (Å²) in [6, 6.07) is 5.66. The maximum Gasteiger partial charge on any atom is 0.194 e. The van der Waals surface area contributed by atoms with E-state index in [0.29, 0.717) is 16.4 Å². The Bertz CT molecular complexity index is 745. The smallest absolute Gasteiger partial charge is 0.194 e. The summed E-state index contributed by atoms with van der Waals surface area (Å²) in [7, 11) is 0. The molecule has 3 rings (SSSR count). The molecule has 0 unspecified atom stereocenters. The number of imidazole rings is 1. The number of fused-ring (bicyclic) bond motifs is 1. The predicted octanol–water partition coefficient (Wildman–Crippen LogP) is 3.84.